The van der Waals surface area contributed by atoms with Crippen molar-refractivity contribution in [2.24, 2.45) is 0 Å². The Morgan fingerprint density at radius 2 is 1.53 bits per heavy atom. The maximum atomic E-state index is 12.4. The number of aromatic nitrogens is 3. The number of hydrogen-bond donors (Lipinski definition) is 3. The number of β-amino-alcohol motifs (C(OH)–C–C–N with tert-alkyl or cyclic N) is 1. The number of nitrogens with zero attached hydrogens (tertiary/aromatic N) is 3. The highest BCUT2D eigenvalue weighted by atomic mass is 16.6. The molecule has 0 spiro atoms. The van der Waals surface area contributed by atoms with E-state index in [0.717, 1.165) is 22.4 Å². The first-order valence-electron chi connectivity index (χ1n) is 15.3. The normalized spacial score (nSPS) is 17.9. The van der Waals surface area contributed by atoms with Crippen LogP contribution in [-0.4, -0.2) is 118 Å². The van der Waals surface area contributed by atoms with E-state index in [9.17, 15) is 9.90 Å². The summed E-state index contributed by atoms with van der Waals surface area (Å²) in [6.07, 6.45) is 0.513. The average Bonchev–Trinajstić information content (AvgIpc) is 3.67. The van der Waals surface area contributed by atoms with E-state index in [-0.39, 0.29) is 6.04 Å². The summed E-state index contributed by atoms with van der Waals surface area (Å²) in [6, 6.07) is 17.4. The highest BCUT2D eigenvalue weighted by Gasteiger charge is 2.37. The summed E-state index contributed by atoms with van der Waals surface area (Å²) in [5, 5.41) is 25.0. The van der Waals surface area contributed by atoms with Crippen LogP contribution in [0.15, 0.2) is 60.8 Å². The second-order valence-electron chi connectivity index (χ2n) is 10.5. The molecule has 0 saturated carbocycles. The lowest BCUT2D eigenvalue weighted by atomic mass is 10.00. The van der Waals surface area contributed by atoms with Crippen molar-refractivity contribution in [2.45, 2.75) is 37.8 Å². The number of rotatable bonds is 21. The Morgan fingerprint density at radius 3 is 2.20 bits per heavy atom. The van der Waals surface area contributed by atoms with Crippen LogP contribution in [0.5, 0.6) is 0 Å². The lowest BCUT2D eigenvalue weighted by Gasteiger charge is -2.22. The molecule has 45 heavy (non-hydrogen) atoms. The number of aliphatic hydroxyl groups excluding tert-OH is 1. The third kappa shape index (κ3) is 12.5. The Labute approximate surface area is 264 Å². The summed E-state index contributed by atoms with van der Waals surface area (Å²) >= 11 is 0. The number of methoxy groups -OCH3 is 1. The van der Waals surface area contributed by atoms with Crippen LogP contribution in [-0.2, 0) is 47.9 Å². The highest BCUT2D eigenvalue weighted by Crippen LogP contribution is 2.21. The molecule has 1 aliphatic rings. The van der Waals surface area contributed by atoms with E-state index in [1.165, 1.54) is 0 Å². The van der Waals surface area contributed by atoms with Crippen LogP contribution in [0.25, 0.3) is 11.3 Å². The number of carbonyl (C=O) groups excluding carboxylic acids is 1. The number of benzene rings is 2. The van der Waals surface area contributed by atoms with Crippen LogP contribution in [0.4, 0.5) is 4.79 Å². The summed E-state index contributed by atoms with van der Waals surface area (Å²) in [5.41, 5.74) is 3.72. The molecule has 2 heterocycles. The predicted octanol–water partition coefficient (Wildman–Crippen LogP) is 1.83. The van der Waals surface area contributed by atoms with Crippen LogP contribution in [0.2, 0.25) is 0 Å². The second-order valence-corrected chi connectivity index (χ2v) is 10.5. The van der Waals surface area contributed by atoms with Gasteiger partial charge in [0, 0.05) is 25.8 Å². The van der Waals surface area contributed by atoms with E-state index in [4.69, 9.17) is 28.4 Å². The molecule has 0 aliphatic carbocycles. The van der Waals surface area contributed by atoms with Gasteiger partial charge < -0.3 is 44.2 Å². The minimum absolute atomic E-state index is 0.204. The van der Waals surface area contributed by atoms with Gasteiger partial charge in [-0.3, -0.25) is 0 Å². The topological polar surface area (TPSA) is 147 Å². The van der Waals surface area contributed by atoms with E-state index < -0.39 is 18.3 Å². The molecule has 4 rings (SSSR count). The van der Waals surface area contributed by atoms with Gasteiger partial charge in [-0.1, -0.05) is 59.8 Å². The van der Waals surface area contributed by atoms with Gasteiger partial charge in [0.15, 0.2) is 0 Å². The zero-order chi connectivity index (χ0) is 31.5. The Kier molecular flexibility index (Phi) is 15.2. The lowest BCUT2D eigenvalue weighted by molar-refractivity contribution is -0.00847. The molecule has 0 radical (unpaired) electrons. The van der Waals surface area contributed by atoms with Gasteiger partial charge in [-0.2, -0.15) is 0 Å². The Hall–Kier alpha value is -3.43. The average molecular weight is 628 g/mol. The van der Waals surface area contributed by atoms with Crippen molar-refractivity contribution in [1.82, 2.24) is 25.6 Å². The van der Waals surface area contributed by atoms with Crippen LogP contribution in [0.1, 0.15) is 11.1 Å². The SMILES string of the molecule is COCCOCCOCCOCCOCCn1cc(-c2ccc(C[C@H]3NC[C@H](O)[C@H]3OC(=O)NCc3ccccc3)cc2)nn1. The maximum absolute atomic E-state index is 12.4. The zero-order valence-corrected chi connectivity index (χ0v) is 25.8. The summed E-state index contributed by atoms with van der Waals surface area (Å²) in [4.78, 5) is 12.4. The Bertz CT molecular complexity index is 1230. The summed E-state index contributed by atoms with van der Waals surface area (Å²) in [7, 11) is 1.64. The summed E-state index contributed by atoms with van der Waals surface area (Å²) in [5.74, 6) is 0. The molecule has 2 aromatic carbocycles. The van der Waals surface area contributed by atoms with Crippen molar-refractivity contribution in [3.8, 4) is 11.3 Å². The number of carbonyl (C=O) groups is 1. The standard InChI is InChI=1S/C32H45N5O8/c1-40-13-14-42-17-18-44-20-19-43-16-15-41-12-11-37-24-29(35-36-37)27-9-7-25(8-10-27)21-28-31(30(38)23-33-28)45-32(39)34-22-26-5-3-2-4-6-26/h2-10,24,28,30-31,33,38H,11-23H2,1H3,(H,34,39)/t28-,30+,31+/m1/s1. The van der Waals surface area contributed by atoms with Gasteiger partial charge >= 0.3 is 6.09 Å². The quantitative estimate of drug-likeness (QED) is 0.149. The fourth-order valence-corrected chi connectivity index (χ4v) is 4.72. The molecule has 1 aromatic heterocycles. The first-order valence-corrected chi connectivity index (χ1v) is 15.3. The molecule has 13 nitrogen and oxygen atoms in total. The van der Waals surface area contributed by atoms with Gasteiger partial charge in [-0.15, -0.1) is 5.10 Å². The van der Waals surface area contributed by atoms with Crippen LogP contribution < -0.4 is 10.6 Å². The third-order valence-corrected chi connectivity index (χ3v) is 7.14. The van der Waals surface area contributed by atoms with Gasteiger partial charge in [0.25, 0.3) is 0 Å². The fraction of sp³-hybridized carbons (Fsp3) is 0.531. The van der Waals surface area contributed by atoms with Crippen molar-refractivity contribution >= 4 is 6.09 Å². The van der Waals surface area contributed by atoms with Crippen molar-refractivity contribution in [3.63, 3.8) is 0 Å². The molecular weight excluding hydrogens is 582 g/mol. The molecule has 3 aromatic rings. The molecule has 3 N–H and O–H groups in total. The first-order chi connectivity index (χ1) is 22.1. The van der Waals surface area contributed by atoms with E-state index in [1.54, 1.807) is 11.8 Å². The highest BCUT2D eigenvalue weighted by molar-refractivity contribution is 5.67. The minimum Gasteiger partial charge on any atom is -0.442 e. The molecule has 0 unspecified atom stereocenters. The summed E-state index contributed by atoms with van der Waals surface area (Å²) < 4.78 is 34.2. The Balaban J connectivity index is 1.10. The molecular formula is C32H45N5O8. The Morgan fingerprint density at radius 1 is 0.889 bits per heavy atom. The number of hydrogen-bond acceptors (Lipinski definition) is 11. The predicted molar refractivity (Wildman–Crippen MR) is 166 cm³/mol. The van der Waals surface area contributed by atoms with Crippen LogP contribution >= 0.6 is 0 Å². The third-order valence-electron chi connectivity index (χ3n) is 7.14. The molecule has 246 valence electrons. The second kappa shape index (κ2) is 19.9. The maximum Gasteiger partial charge on any atom is 0.407 e. The van der Waals surface area contributed by atoms with Crippen molar-refractivity contribution in [1.29, 1.82) is 0 Å². The van der Waals surface area contributed by atoms with Gasteiger partial charge in [0.1, 0.15) is 17.9 Å². The van der Waals surface area contributed by atoms with E-state index in [1.807, 2.05) is 60.8 Å². The lowest BCUT2D eigenvalue weighted by Crippen LogP contribution is -2.41. The first kappa shape index (κ1) is 34.4. The van der Waals surface area contributed by atoms with Gasteiger partial charge in [0.2, 0.25) is 0 Å². The number of aliphatic hydroxyl groups is 1. The molecule has 1 aliphatic heterocycles. The summed E-state index contributed by atoms with van der Waals surface area (Å²) in [6.45, 7) is 6.02. The minimum atomic E-state index is -0.773. The molecule has 0 bridgehead atoms. The number of alkyl carbamates (subject to hydrolysis) is 1. The largest absolute Gasteiger partial charge is 0.442 e. The van der Waals surface area contributed by atoms with Gasteiger partial charge in [-0.25, -0.2) is 9.48 Å². The van der Waals surface area contributed by atoms with Crippen LogP contribution in [0.3, 0.4) is 0 Å². The molecule has 3 atom stereocenters. The number of nitrogens with one attached hydrogen (secondary N) is 2. The molecule has 1 fully saturated rings. The molecule has 13 heteroatoms. The van der Waals surface area contributed by atoms with Crippen molar-refractivity contribution in [2.75, 3.05) is 73.1 Å². The molecule has 1 saturated heterocycles. The monoisotopic (exact) mass is 627 g/mol. The van der Waals surface area contributed by atoms with E-state index in [0.29, 0.717) is 85.5 Å². The molecule has 1 amide bonds. The van der Waals surface area contributed by atoms with E-state index >= 15 is 0 Å². The smallest absolute Gasteiger partial charge is 0.407 e. The fourth-order valence-electron chi connectivity index (χ4n) is 4.72. The van der Waals surface area contributed by atoms with Crippen molar-refractivity contribution < 1.29 is 38.3 Å². The number of ether oxygens (including phenoxy) is 6. The van der Waals surface area contributed by atoms with Gasteiger partial charge in [0.05, 0.1) is 78.2 Å². The number of amides is 1. The van der Waals surface area contributed by atoms with E-state index in [2.05, 4.69) is 20.9 Å². The van der Waals surface area contributed by atoms with Gasteiger partial charge in [-0.05, 0) is 17.5 Å². The zero-order valence-electron chi connectivity index (χ0n) is 25.8. The van der Waals surface area contributed by atoms with Crippen LogP contribution in [0, 0.1) is 0 Å². The van der Waals surface area contributed by atoms with Crippen molar-refractivity contribution in [3.05, 3.63) is 71.9 Å².